The lowest BCUT2D eigenvalue weighted by atomic mass is 9.83. The molecule has 2 aliphatic carbocycles. The van der Waals surface area contributed by atoms with Crippen LogP contribution in [0.1, 0.15) is 115 Å². The summed E-state index contributed by atoms with van der Waals surface area (Å²) in [5.41, 5.74) is 5.14. The third kappa shape index (κ3) is 17.1. The highest BCUT2D eigenvalue weighted by atomic mass is 35.5. The van der Waals surface area contributed by atoms with Gasteiger partial charge < -0.3 is 40.2 Å². The summed E-state index contributed by atoms with van der Waals surface area (Å²) in [5.74, 6) is 2.81. The number of ether oxygens (including phenoxy) is 4. The standard InChI is InChI=1S/2C27H38Cl2N4O2/c2*1-18(17-34-2)32-20-8-6-19(7-9-20)13-21-14-23(25(29)16-30-21)27-24(28)10-11-26(33-27)31-15-22-5-3-4-12-35-22/h2*10-11,14,16,18-20,22,32H,3-9,12-13,15,17H2,1-2H3,(H,31,33)/t18-,19?,20?,22+;18-,19?,20?,22-/m11/s1. The van der Waals surface area contributed by atoms with Gasteiger partial charge in [0.1, 0.15) is 11.6 Å². The van der Waals surface area contributed by atoms with E-state index in [1.807, 2.05) is 24.3 Å². The first-order valence-electron chi connectivity index (χ1n) is 25.9. The molecule has 4 aromatic rings. The van der Waals surface area contributed by atoms with E-state index in [0.717, 1.165) is 112 Å². The molecule has 16 heteroatoms. The SMILES string of the molecule is COC[C@@H](C)NC1CCC(Cc2cc(-c3nc(NC[C@@H]4CCCCO4)ccc3Cl)c(Cl)cn2)CC1.COC[C@@H](C)NC1CCC(Cc2cc(-c3nc(NC[C@H]4CCCCO4)ccc3Cl)c(Cl)cn2)CC1. The Kier molecular flexibility index (Phi) is 22.4. The predicted molar refractivity (Wildman–Crippen MR) is 287 cm³/mol. The summed E-state index contributed by atoms with van der Waals surface area (Å²) < 4.78 is 22.2. The number of methoxy groups -OCH3 is 2. The summed E-state index contributed by atoms with van der Waals surface area (Å²) in [6.45, 7) is 9.03. The van der Waals surface area contributed by atoms with Gasteiger partial charge in [-0.15, -0.1) is 0 Å². The Balaban J connectivity index is 0.000000206. The van der Waals surface area contributed by atoms with Crippen LogP contribution in [-0.2, 0) is 31.8 Å². The molecule has 2 aliphatic heterocycles. The van der Waals surface area contributed by atoms with Gasteiger partial charge in [-0.2, -0.15) is 0 Å². The van der Waals surface area contributed by atoms with E-state index in [2.05, 4.69) is 57.2 Å². The minimum atomic E-state index is 0.231. The molecule has 0 aromatic carbocycles. The molecule has 0 unspecified atom stereocenters. The molecule has 2 saturated heterocycles. The van der Waals surface area contributed by atoms with Crippen LogP contribution in [-0.4, -0.2) is 110 Å². The van der Waals surface area contributed by atoms with E-state index >= 15 is 0 Å². The molecule has 6 heterocycles. The Morgan fingerprint density at radius 2 is 0.971 bits per heavy atom. The average Bonchev–Trinajstić information content (AvgIpc) is 3.37. The summed E-state index contributed by atoms with van der Waals surface area (Å²) in [4.78, 5) is 18.9. The maximum atomic E-state index is 6.57. The van der Waals surface area contributed by atoms with Crippen molar-refractivity contribution in [3.8, 4) is 22.5 Å². The van der Waals surface area contributed by atoms with Crippen molar-refractivity contribution in [1.82, 2.24) is 30.6 Å². The Morgan fingerprint density at radius 1 is 0.557 bits per heavy atom. The molecule has 0 bridgehead atoms. The van der Waals surface area contributed by atoms with Crippen molar-refractivity contribution in [2.45, 2.75) is 153 Å². The van der Waals surface area contributed by atoms with Gasteiger partial charge >= 0.3 is 0 Å². The molecule has 12 nitrogen and oxygen atoms in total. The molecule has 4 fully saturated rings. The number of rotatable bonds is 20. The van der Waals surface area contributed by atoms with Crippen LogP contribution < -0.4 is 21.3 Å². The number of hydrogen-bond acceptors (Lipinski definition) is 12. The molecule has 0 spiro atoms. The highest BCUT2D eigenvalue weighted by Gasteiger charge is 2.26. The average molecular weight is 1040 g/mol. The van der Waals surface area contributed by atoms with Crippen molar-refractivity contribution in [2.24, 2.45) is 11.8 Å². The lowest BCUT2D eigenvalue weighted by molar-refractivity contribution is 0.0246. The smallest absolute Gasteiger partial charge is 0.126 e. The van der Waals surface area contributed by atoms with Crippen molar-refractivity contribution < 1.29 is 18.9 Å². The summed E-state index contributed by atoms with van der Waals surface area (Å²) in [5, 5.41) is 16.5. The highest BCUT2D eigenvalue weighted by molar-refractivity contribution is 6.36. The number of nitrogens with one attached hydrogen (secondary N) is 4. The zero-order chi connectivity index (χ0) is 49.2. The Labute approximate surface area is 437 Å². The van der Waals surface area contributed by atoms with Gasteiger partial charge in [0.25, 0.3) is 0 Å². The van der Waals surface area contributed by atoms with E-state index < -0.39 is 0 Å². The number of pyridine rings is 4. The van der Waals surface area contributed by atoms with Crippen LogP contribution in [0.25, 0.3) is 22.5 Å². The van der Waals surface area contributed by atoms with Gasteiger partial charge in [-0.3, -0.25) is 9.97 Å². The van der Waals surface area contributed by atoms with E-state index in [-0.39, 0.29) is 12.2 Å². The lowest BCUT2D eigenvalue weighted by Gasteiger charge is -2.31. The first-order chi connectivity index (χ1) is 34.0. The summed E-state index contributed by atoms with van der Waals surface area (Å²) >= 11 is 26.3. The minimum absolute atomic E-state index is 0.231. The third-order valence-corrected chi connectivity index (χ3v) is 15.4. The van der Waals surface area contributed by atoms with Crippen LogP contribution in [0, 0.1) is 11.8 Å². The Bertz CT molecular complexity index is 2050. The molecule has 4 aromatic heterocycles. The first kappa shape index (κ1) is 54.9. The van der Waals surface area contributed by atoms with Gasteiger partial charge in [0.15, 0.2) is 0 Å². The molecule has 70 heavy (non-hydrogen) atoms. The number of anilines is 2. The molecule has 384 valence electrons. The highest BCUT2D eigenvalue weighted by Crippen LogP contribution is 2.37. The number of hydrogen-bond donors (Lipinski definition) is 4. The third-order valence-electron chi connectivity index (χ3n) is 14.2. The molecule has 4 N–H and O–H groups in total. The second-order valence-corrected chi connectivity index (χ2v) is 21.6. The van der Waals surface area contributed by atoms with Crippen LogP contribution >= 0.6 is 46.4 Å². The number of nitrogens with zero attached hydrogens (tertiary/aromatic N) is 4. The van der Waals surface area contributed by atoms with Crippen molar-refractivity contribution in [2.75, 3.05) is 64.4 Å². The van der Waals surface area contributed by atoms with Crippen molar-refractivity contribution in [1.29, 1.82) is 0 Å². The molecule has 2 saturated carbocycles. The molecular weight excluding hydrogens is 966 g/mol. The lowest BCUT2D eigenvalue weighted by Crippen LogP contribution is -2.41. The fourth-order valence-corrected chi connectivity index (χ4v) is 11.2. The Morgan fingerprint density at radius 3 is 1.34 bits per heavy atom. The van der Waals surface area contributed by atoms with Gasteiger partial charge in [0.05, 0.1) is 56.9 Å². The van der Waals surface area contributed by atoms with E-state index in [9.17, 15) is 0 Å². The second-order valence-electron chi connectivity index (χ2n) is 20.0. The maximum Gasteiger partial charge on any atom is 0.126 e. The zero-order valence-electron chi connectivity index (χ0n) is 41.7. The number of aromatic nitrogens is 4. The topological polar surface area (TPSA) is 137 Å². The molecular formula is C54H76Cl4N8O4. The molecule has 4 atom stereocenters. The molecule has 4 aliphatic rings. The zero-order valence-corrected chi connectivity index (χ0v) is 44.8. The molecule has 8 rings (SSSR count). The van der Waals surface area contributed by atoms with Crippen molar-refractivity contribution in [3.05, 3.63) is 80.3 Å². The van der Waals surface area contributed by atoms with E-state index in [0.29, 0.717) is 67.5 Å². The van der Waals surface area contributed by atoms with Crippen LogP contribution in [0.3, 0.4) is 0 Å². The van der Waals surface area contributed by atoms with Crippen LogP contribution in [0.15, 0.2) is 48.8 Å². The van der Waals surface area contributed by atoms with E-state index in [1.54, 1.807) is 26.6 Å². The number of halogens is 4. The van der Waals surface area contributed by atoms with Gasteiger partial charge in [-0.05, 0) is 165 Å². The quantitative estimate of drug-likeness (QED) is 0.0671. The second kappa shape index (κ2) is 28.5. The van der Waals surface area contributed by atoms with Gasteiger partial charge in [-0.1, -0.05) is 46.4 Å². The van der Waals surface area contributed by atoms with Crippen LogP contribution in [0.5, 0.6) is 0 Å². The molecule has 0 amide bonds. The van der Waals surface area contributed by atoms with Gasteiger partial charge in [0, 0.05) is 99.6 Å². The Hall–Kier alpha value is -2.88. The maximum absolute atomic E-state index is 6.57. The van der Waals surface area contributed by atoms with Crippen molar-refractivity contribution >= 4 is 58.0 Å². The fraction of sp³-hybridized carbons (Fsp3) is 0.630. The van der Waals surface area contributed by atoms with E-state index in [1.165, 1.54) is 64.2 Å². The van der Waals surface area contributed by atoms with Gasteiger partial charge in [0.2, 0.25) is 0 Å². The monoisotopic (exact) mass is 1040 g/mol. The van der Waals surface area contributed by atoms with Crippen LogP contribution in [0.2, 0.25) is 20.1 Å². The van der Waals surface area contributed by atoms with Crippen molar-refractivity contribution in [3.63, 3.8) is 0 Å². The predicted octanol–water partition coefficient (Wildman–Crippen LogP) is 12.3. The minimum Gasteiger partial charge on any atom is -0.383 e. The largest absolute Gasteiger partial charge is 0.383 e. The normalized spacial score (nSPS) is 23.7. The summed E-state index contributed by atoms with van der Waals surface area (Å²) in [7, 11) is 3.51. The summed E-state index contributed by atoms with van der Waals surface area (Å²) in [6, 6.07) is 13.6. The van der Waals surface area contributed by atoms with Gasteiger partial charge in [-0.25, -0.2) is 9.97 Å². The van der Waals surface area contributed by atoms with Crippen LogP contribution in [0.4, 0.5) is 11.6 Å². The summed E-state index contributed by atoms with van der Waals surface area (Å²) in [6.07, 6.45) is 22.2. The molecule has 0 radical (unpaired) electrons. The van der Waals surface area contributed by atoms with E-state index in [4.69, 9.17) is 75.3 Å². The fourth-order valence-electron chi connectivity index (χ4n) is 10.4. The first-order valence-corrected chi connectivity index (χ1v) is 27.4.